The molecule has 1 aliphatic heterocycles. The minimum absolute atomic E-state index is 0.0156. The molecule has 1 atom stereocenters. The van der Waals surface area contributed by atoms with Gasteiger partial charge in [0.2, 0.25) is 0 Å². The molecule has 0 spiro atoms. The van der Waals surface area contributed by atoms with Crippen molar-refractivity contribution in [3.8, 4) is 0 Å². The molecule has 6 nitrogen and oxygen atoms in total. The molecular weight excluding hydrogens is 400 g/mol. The molecule has 0 unspecified atom stereocenters. The summed E-state index contributed by atoms with van der Waals surface area (Å²) in [6.07, 6.45) is 1.66. The van der Waals surface area contributed by atoms with Gasteiger partial charge in [-0.15, -0.1) is 0 Å². The van der Waals surface area contributed by atoms with Crippen LogP contribution in [0.5, 0.6) is 0 Å². The maximum atomic E-state index is 13.2. The van der Waals surface area contributed by atoms with Gasteiger partial charge in [-0.25, -0.2) is 0 Å². The van der Waals surface area contributed by atoms with E-state index in [0.29, 0.717) is 33.4 Å². The highest BCUT2D eigenvalue weighted by molar-refractivity contribution is 6.49. The summed E-state index contributed by atoms with van der Waals surface area (Å²) in [6, 6.07) is 5.13. The van der Waals surface area contributed by atoms with E-state index in [1.165, 1.54) is 0 Å². The lowest BCUT2D eigenvalue weighted by Crippen LogP contribution is -2.50. The third kappa shape index (κ3) is 3.81. The Morgan fingerprint density at radius 2 is 1.93 bits per heavy atom. The standard InChI is InChI=1S/C19H24BCl2N3O3/c1-11-10-24(12-6-7-14(21)15(22)8-12)17(26)16-13(9-23-25(11)16)20-28-19(4,5)18(2,3)27/h6-9,11,20,27H,10H2,1-5H3/t11-/m0/s1. The van der Waals surface area contributed by atoms with Gasteiger partial charge in [-0.05, 0) is 58.3 Å². The number of anilines is 1. The van der Waals surface area contributed by atoms with Gasteiger partial charge in [0.1, 0.15) is 5.69 Å². The lowest BCUT2D eigenvalue weighted by Gasteiger charge is -2.37. The molecule has 3 rings (SSSR count). The summed E-state index contributed by atoms with van der Waals surface area (Å²) in [4.78, 5) is 14.9. The van der Waals surface area contributed by atoms with Crippen LogP contribution in [0.2, 0.25) is 10.0 Å². The first-order valence-corrected chi connectivity index (χ1v) is 9.87. The van der Waals surface area contributed by atoms with E-state index in [1.807, 2.05) is 20.8 Å². The fraction of sp³-hybridized carbons (Fsp3) is 0.474. The molecule has 1 aromatic carbocycles. The van der Waals surface area contributed by atoms with Gasteiger partial charge in [-0.3, -0.25) is 9.48 Å². The van der Waals surface area contributed by atoms with E-state index < -0.39 is 11.2 Å². The topological polar surface area (TPSA) is 67.6 Å². The average Bonchev–Trinajstić information content (AvgIpc) is 3.03. The third-order valence-electron chi connectivity index (χ3n) is 5.46. The summed E-state index contributed by atoms with van der Waals surface area (Å²) < 4.78 is 7.68. The summed E-state index contributed by atoms with van der Waals surface area (Å²) in [5.41, 5.74) is 0.00993. The van der Waals surface area contributed by atoms with Crippen LogP contribution in [0.4, 0.5) is 5.69 Å². The Morgan fingerprint density at radius 3 is 2.54 bits per heavy atom. The van der Waals surface area contributed by atoms with Crippen molar-refractivity contribution in [2.24, 2.45) is 0 Å². The largest absolute Gasteiger partial charge is 0.427 e. The van der Waals surface area contributed by atoms with E-state index in [2.05, 4.69) is 5.10 Å². The maximum absolute atomic E-state index is 13.2. The van der Waals surface area contributed by atoms with E-state index in [-0.39, 0.29) is 19.4 Å². The zero-order valence-corrected chi connectivity index (χ0v) is 18.2. The average molecular weight is 424 g/mol. The lowest BCUT2D eigenvalue weighted by molar-refractivity contribution is -0.0893. The number of carbonyl (C=O) groups excluding carboxylic acids is 1. The SMILES string of the molecule is C[C@H]1CN(c2ccc(Cl)c(Cl)c2)C(=O)c2c(BOC(C)(C)C(C)(C)O)cnn21. The molecule has 0 saturated heterocycles. The number of amides is 1. The molecule has 150 valence electrons. The molecule has 1 aromatic heterocycles. The molecule has 1 N–H and O–H groups in total. The van der Waals surface area contributed by atoms with Crippen molar-refractivity contribution in [1.29, 1.82) is 0 Å². The number of nitrogens with zero attached hydrogens (tertiary/aromatic N) is 3. The molecular formula is C19H24BCl2N3O3. The molecule has 0 aliphatic carbocycles. The molecule has 0 fully saturated rings. The molecule has 1 aliphatic rings. The van der Waals surface area contributed by atoms with Crippen LogP contribution in [-0.2, 0) is 4.65 Å². The third-order valence-corrected chi connectivity index (χ3v) is 6.20. The van der Waals surface area contributed by atoms with Gasteiger partial charge in [0, 0.05) is 18.4 Å². The smallest absolute Gasteiger partial charge is 0.313 e. The molecule has 0 saturated carbocycles. The quantitative estimate of drug-likeness (QED) is 0.750. The van der Waals surface area contributed by atoms with Gasteiger partial charge in [0.15, 0.2) is 0 Å². The Kier molecular flexibility index (Phi) is 5.58. The predicted molar refractivity (Wildman–Crippen MR) is 113 cm³/mol. The van der Waals surface area contributed by atoms with Crippen LogP contribution in [0.1, 0.15) is 51.1 Å². The van der Waals surface area contributed by atoms with Gasteiger partial charge < -0.3 is 14.7 Å². The summed E-state index contributed by atoms with van der Waals surface area (Å²) in [6.45, 7) is 9.49. The summed E-state index contributed by atoms with van der Waals surface area (Å²) in [5, 5.41) is 15.5. The van der Waals surface area contributed by atoms with Gasteiger partial charge >= 0.3 is 7.48 Å². The number of halogens is 2. The fourth-order valence-corrected chi connectivity index (χ4v) is 3.23. The number of carbonyl (C=O) groups is 1. The van der Waals surface area contributed by atoms with Crippen LogP contribution in [0.15, 0.2) is 24.4 Å². The molecule has 0 bridgehead atoms. The summed E-state index contributed by atoms with van der Waals surface area (Å²) in [7, 11) is 0.167. The van der Waals surface area contributed by atoms with E-state index in [4.69, 9.17) is 27.9 Å². The normalized spacial score (nSPS) is 17.6. The first-order chi connectivity index (χ1) is 12.9. The van der Waals surface area contributed by atoms with Crippen molar-refractivity contribution in [3.63, 3.8) is 0 Å². The highest BCUT2D eigenvalue weighted by Crippen LogP contribution is 2.31. The summed E-state index contributed by atoms with van der Waals surface area (Å²) >= 11 is 12.1. The molecule has 2 aromatic rings. The van der Waals surface area contributed by atoms with Gasteiger partial charge in [-0.2, -0.15) is 5.10 Å². The number of aromatic nitrogens is 2. The van der Waals surface area contributed by atoms with Crippen LogP contribution in [-0.4, -0.2) is 46.0 Å². The first kappa shape index (κ1) is 21.2. The van der Waals surface area contributed by atoms with Crippen molar-refractivity contribution in [2.45, 2.75) is 51.9 Å². The zero-order chi connectivity index (χ0) is 20.9. The van der Waals surface area contributed by atoms with Crippen LogP contribution in [0.3, 0.4) is 0 Å². The van der Waals surface area contributed by atoms with E-state index in [0.717, 1.165) is 0 Å². The van der Waals surface area contributed by atoms with E-state index in [1.54, 1.807) is 47.8 Å². The predicted octanol–water partition coefficient (Wildman–Crippen LogP) is 2.95. The Morgan fingerprint density at radius 1 is 1.25 bits per heavy atom. The van der Waals surface area contributed by atoms with Crippen molar-refractivity contribution in [1.82, 2.24) is 9.78 Å². The monoisotopic (exact) mass is 423 g/mol. The van der Waals surface area contributed by atoms with Crippen molar-refractivity contribution in [2.75, 3.05) is 11.4 Å². The molecule has 0 radical (unpaired) electrons. The first-order valence-electron chi connectivity index (χ1n) is 9.12. The number of fused-ring (bicyclic) bond motifs is 1. The van der Waals surface area contributed by atoms with Crippen molar-refractivity contribution < 1.29 is 14.6 Å². The highest BCUT2D eigenvalue weighted by Gasteiger charge is 2.38. The second kappa shape index (κ2) is 7.37. The number of rotatable bonds is 5. The molecule has 28 heavy (non-hydrogen) atoms. The maximum Gasteiger partial charge on any atom is 0.313 e. The van der Waals surface area contributed by atoms with Gasteiger partial charge in [-0.1, -0.05) is 23.2 Å². The minimum Gasteiger partial charge on any atom is -0.427 e. The summed E-state index contributed by atoms with van der Waals surface area (Å²) in [5.74, 6) is -0.173. The molecule has 2 heterocycles. The second-order valence-electron chi connectivity index (χ2n) is 8.18. The zero-order valence-electron chi connectivity index (χ0n) is 16.7. The number of benzene rings is 1. The van der Waals surface area contributed by atoms with E-state index in [9.17, 15) is 9.90 Å². The van der Waals surface area contributed by atoms with Crippen LogP contribution in [0, 0.1) is 0 Å². The van der Waals surface area contributed by atoms with E-state index >= 15 is 0 Å². The molecule has 9 heteroatoms. The fourth-order valence-electron chi connectivity index (χ4n) is 2.94. The molecule has 1 amide bonds. The Hall–Kier alpha value is -1.54. The highest BCUT2D eigenvalue weighted by atomic mass is 35.5. The number of aliphatic hydroxyl groups is 1. The number of hydrogen-bond donors (Lipinski definition) is 1. The van der Waals surface area contributed by atoms with Gasteiger partial charge in [0.25, 0.3) is 5.91 Å². The Labute approximate surface area is 175 Å². The van der Waals surface area contributed by atoms with Crippen molar-refractivity contribution in [3.05, 3.63) is 40.1 Å². The minimum atomic E-state index is -1.04. The van der Waals surface area contributed by atoms with Crippen LogP contribution in [0.25, 0.3) is 0 Å². The van der Waals surface area contributed by atoms with Crippen LogP contribution >= 0.6 is 23.2 Å². The van der Waals surface area contributed by atoms with Crippen LogP contribution < -0.4 is 10.4 Å². The Balaban J connectivity index is 1.91. The Bertz CT molecular complexity index is 908. The second-order valence-corrected chi connectivity index (χ2v) is 9.00. The number of hydrogen-bond acceptors (Lipinski definition) is 4. The van der Waals surface area contributed by atoms with Gasteiger partial charge in [0.05, 0.1) is 27.3 Å². The van der Waals surface area contributed by atoms with Crippen molar-refractivity contribution >= 4 is 47.7 Å². The lowest BCUT2D eigenvalue weighted by atomic mass is 9.82.